The Morgan fingerprint density at radius 3 is 2.25 bits per heavy atom. The third kappa shape index (κ3) is 8.43. The number of carboxylic acids is 1. The number of ether oxygens (including phenoxy) is 3. The first-order chi connectivity index (χ1) is 16.9. The van der Waals surface area contributed by atoms with Crippen LogP contribution in [0.1, 0.15) is 46.1 Å². The molecular weight excluding hydrogens is 474 g/mol. The molecule has 0 radical (unpaired) electrons. The third-order valence-electron chi connectivity index (χ3n) is 5.14. The van der Waals surface area contributed by atoms with E-state index in [-0.39, 0.29) is 26.1 Å². The average Bonchev–Trinajstić information content (AvgIpc) is 3.25. The Morgan fingerprint density at radius 2 is 1.67 bits per heavy atom. The van der Waals surface area contributed by atoms with Crippen LogP contribution < -0.4 is 10.6 Å². The van der Waals surface area contributed by atoms with Crippen molar-refractivity contribution in [2.75, 3.05) is 13.2 Å². The summed E-state index contributed by atoms with van der Waals surface area (Å²) in [5.74, 6) is -2.94. The molecule has 36 heavy (non-hydrogen) atoms. The van der Waals surface area contributed by atoms with Gasteiger partial charge in [-0.1, -0.05) is 30.3 Å². The number of hydrogen-bond donors (Lipinski definition) is 3. The van der Waals surface area contributed by atoms with Gasteiger partial charge in [-0.3, -0.25) is 4.79 Å². The van der Waals surface area contributed by atoms with Crippen molar-refractivity contribution in [2.24, 2.45) is 0 Å². The van der Waals surface area contributed by atoms with Gasteiger partial charge in [-0.2, -0.15) is 0 Å². The molecule has 12 heteroatoms. The maximum Gasteiger partial charge on any atom is 0.408 e. The monoisotopic (exact) mass is 507 g/mol. The van der Waals surface area contributed by atoms with E-state index in [1.165, 1.54) is 0 Å². The van der Waals surface area contributed by atoms with Gasteiger partial charge in [0.05, 0.1) is 13.2 Å². The second kappa shape index (κ2) is 12.8. The fraction of sp³-hybridized carbons (Fsp3) is 0.542. The molecule has 1 fully saturated rings. The number of carbonyl (C=O) groups excluding carboxylic acids is 4. The second-order valence-electron chi connectivity index (χ2n) is 9.09. The van der Waals surface area contributed by atoms with Gasteiger partial charge in [0.25, 0.3) is 0 Å². The number of likely N-dealkylation sites (tertiary alicyclic amines) is 1. The van der Waals surface area contributed by atoms with Crippen molar-refractivity contribution in [3.8, 4) is 0 Å². The van der Waals surface area contributed by atoms with Crippen LogP contribution in [0.4, 0.5) is 9.59 Å². The number of benzene rings is 1. The van der Waals surface area contributed by atoms with E-state index in [9.17, 15) is 29.1 Å². The zero-order valence-electron chi connectivity index (χ0n) is 20.8. The molecule has 3 N–H and O–H groups in total. The van der Waals surface area contributed by atoms with Gasteiger partial charge in [-0.25, -0.2) is 19.2 Å². The lowest BCUT2D eigenvalue weighted by Gasteiger charge is -2.31. The fourth-order valence-electron chi connectivity index (χ4n) is 3.62. The van der Waals surface area contributed by atoms with Crippen LogP contribution in [0.5, 0.6) is 0 Å². The molecule has 3 atom stereocenters. The SMILES string of the molecule is CCOC(=O)[C@H]1CC[C@@H](C(=O)O)N1C(=O)[C@H](CNC(=O)OC(C)(C)C)NC(=O)OCc1ccccc1. The molecular formula is C24H33N3O9. The van der Waals surface area contributed by atoms with Crippen molar-refractivity contribution in [1.82, 2.24) is 15.5 Å². The Kier molecular flexibility index (Phi) is 10.1. The maximum atomic E-state index is 13.5. The molecule has 0 aliphatic carbocycles. The molecule has 0 unspecified atom stereocenters. The quantitative estimate of drug-likeness (QED) is 0.334. The summed E-state index contributed by atoms with van der Waals surface area (Å²) in [5.41, 5.74) is -0.112. The minimum absolute atomic E-state index is 0.0230. The lowest BCUT2D eigenvalue weighted by Crippen LogP contribution is -2.59. The van der Waals surface area contributed by atoms with E-state index >= 15 is 0 Å². The van der Waals surface area contributed by atoms with Crippen LogP contribution in [0, 0.1) is 0 Å². The molecule has 1 aliphatic rings. The van der Waals surface area contributed by atoms with Crippen LogP contribution in [0.25, 0.3) is 0 Å². The van der Waals surface area contributed by atoms with Gasteiger partial charge in [0, 0.05) is 0 Å². The summed E-state index contributed by atoms with van der Waals surface area (Å²) < 4.78 is 15.3. The van der Waals surface area contributed by atoms with Gasteiger partial charge in [0.15, 0.2) is 0 Å². The molecule has 1 heterocycles. The molecule has 1 aromatic carbocycles. The van der Waals surface area contributed by atoms with E-state index in [2.05, 4.69) is 10.6 Å². The first kappa shape index (κ1) is 28.4. The Labute approximate surface area is 209 Å². The number of rotatable bonds is 9. The molecule has 0 saturated carbocycles. The minimum Gasteiger partial charge on any atom is -0.480 e. The third-order valence-corrected chi connectivity index (χ3v) is 5.14. The average molecular weight is 508 g/mol. The molecule has 0 aromatic heterocycles. The molecule has 0 spiro atoms. The smallest absolute Gasteiger partial charge is 0.408 e. The van der Waals surface area contributed by atoms with Crippen LogP contribution >= 0.6 is 0 Å². The highest BCUT2D eigenvalue weighted by Crippen LogP contribution is 2.26. The van der Waals surface area contributed by atoms with Crippen molar-refractivity contribution in [2.45, 2.75) is 70.9 Å². The minimum atomic E-state index is -1.45. The number of hydrogen-bond acceptors (Lipinski definition) is 8. The van der Waals surface area contributed by atoms with E-state index in [1.807, 2.05) is 0 Å². The molecule has 0 bridgehead atoms. The Balaban J connectivity index is 2.21. The Hall–Kier alpha value is -3.83. The highest BCUT2D eigenvalue weighted by Gasteiger charge is 2.47. The van der Waals surface area contributed by atoms with Crippen molar-refractivity contribution >= 4 is 30.0 Å². The number of amides is 3. The molecule has 1 aliphatic heterocycles. The normalized spacial score (nSPS) is 18.1. The number of nitrogens with one attached hydrogen (secondary N) is 2. The lowest BCUT2D eigenvalue weighted by atomic mass is 10.2. The number of aliphatic carboxylic acids is 1. The first-order valence-electron chi connectivity index (χ1n) is 11.6. The van der Waals surface area contributed by atoms with Crippen molar-refractivity contribution in [3.05, 3.63) is 35.9 Å². The fourth-order valence-corrected chi connectivity index (χ4v) is 3.62. The number of carboxylic acid groups (broad SMARTS) is 1. The van der Waals surface area contributed by atoms with Crippen LogP contribution in [-0.4, -0.2) is 76.9 Å². The number of nitrogens with zero attached hydrogens (tertiary/aromatic N) is 1. The highest BCUT2D eigenvalue weighted by atomic mass is 16.6. The van der Waals surface area contributed by atoms with Gasteiger partial charge < -0.3 is 34.9 Å². The van der Waals surface area contributed by atoms with Gasteiger partial charge in [-0.15, -0.1) is 0 Å². The number of carbonyl (C=O) groups is 5. The summed E-state index contributed by atoms with van der Waals surface area (Å²) in [4.78, 5) is 63.3. The van der Waals surface area contributed by atoms with Crippen LogP contribution in [0.3, 0.4) is 0 Å². The molecule has 12 nitrogen and oxygen atoms in total. The van der Waals surface area contributed by atoms with Gasteiger partial charge in [0.2, 0.25) is 5.91 Å². The molecule has 1 saturated heterocycles. The van der Waals surface area contributed by atoms with Gasteiger partial charge >= 0.3 is 24.1 Å². The standard InChI is InChI=1S/C24H33N3O9/c1-5-34-21(31)18-12-11-17(20(29)30)27(18)19(28)16(13-25-22(32)36-24(2,3)4)26-23(33)35-14-15-9-7-6-8-10-15/h6-10,16-18H,5,11-14H2,1-4H3,(H,25,32)(H,26,33)(H,29,30)/t16-,17-,18+/m0/s1. The van der Waals surface area contributed by atoms with Crippen molar-refractivity contribution < 1.29 is 43.3 Å². The molecule has 198 valence electrons. The zero-order valence-corrected chi connectivity index (χ0v) is 20.8. The first-order valence-corrected chi connectivity index (χ1v) is 11.6. The van der Waals surface area contributed by atoms with E-state index in [4.69, 9.17) is 14.2 Å². The highest BCUT2D eigenvalue weighted by molar-refractivity contribution is 5.94. The Bertz CT molecular complexity index is 946. The summed E-state index contributed by atoms with van der Waals surface area (Å²) in [6, 6.07) is 4.92. The molecule has 1 aromatic rings. The summed E-state index contributed by atoms with van der Waals surface area (Å²) >= 11 is 0. The molecule has 2 rings (SSSR count). The predicted molar refractivity (Wildman–Crippen MR) is 126 cm³/mol. The van der Waals surface area contributed by atoms with Crippen molar-refractivity contribution in [1.29, 1.82) is 0 Å². The lowest BCUT2D eigenvalue weighted by molar-refractivity contribution is -0.158. The molecule has 3 amide bonds. The zero-order chi connectivity index (χ0) is 26.9. The number of alkyl carbamates (subject to hydrolysis) is 2. The largest absolute Gasteiger partial charge is 0.480 e. The van der Waals surface area contributed by atoms with Crippen molar-refractivity contribution in [3.63, 3.8) is 0 Å². The van der Waals surface area contributed by atoms with Crippen LogP contribution in [-0.2, 0) is 35.2 Å². The topological polar surface area (TPSA) is 161 Å². The summed E-state index contributed by atoms with van der Waals surface area (Å²) in [6.45, 7) is 6.07. The van der Waals surface area contributed by atoms with E-state index in [1.54, 1.807) is 58.0 Å². The number of esters is 1. The van der Waals surface area contributed by atoms with E-state index in [0.29, 0.717) is 5.56 Å². The maximum absolute atomic E-state index is 13.5. The van der Waals surface area contributed by atoms with Crippen LogP contribution in [0.2, 0.25) is 0 Å². The summed E-state index contributed by atoms with van der Waals surface area (Å²) in [7, 11) is 0. The summed E-state index contributed by atoms with van der Waals surface area (Å²) in [6.07, 6.45) is -1.72. The van der Waals surface area contributed by atoms with E-state index < -0.39 is 60.3 Å². The van der Waals surface area contributed by atoms with Gasteiger partial charge in [-0.05, 0) is 46.1 Å². The van der Waals surface area contributed by atoms with Gasteiger partial charge in [0.1, 0.15) is 30.3 Å². The second-order valence-corrected chi connectivity index (χ2v) is 9.09. The predicted octanol–water partition coefficient (Wildman–Crippen LogP) is 1.81. The Morgan fingerprint density at radius 1 is 1.03 bits per heavy atom. The summed E-state index contributed by atoms with van der Waals surface area (Å²) in [5, 5.41) is 14.4. The van der Waals surface area contributed by atoms with E-state index in [0.717, 1.165) is 4.90 Å². The van der Waals surface area contributed by atoms with Crippen LogP contribution in [0.15, 0.2) is 30.3 Å².